The molecule has 0 atom stereocenters. The lowest BCUT2D eigenvalue weighted by Gasteiger charge is -2.36. The van der Waals surface area contributed by atoms with E-state index in [2.05, 4.69) is 17.4 Å². The first kappa shape index (κ1) is 16.3. The van der Waals surface area contributed by atoms with E-state index in [-0.39, 0.29) is 18.3 Å². The molecule has 1 aromatic rings. The van der Waals surface area contributed by atoms with E-state index in [1.165, 1.54) is 11.1 Å². The van der Waals surface area contributed by atoms with Crippen LogP contribution in [0.15, 0.2) is 24.3 Å². The third-order valence-electron chi connectivity index (χ3n) is 4.75. The number of likely N-dealkylation sites (tertiary alicyclic amines) is 1. The standard InChI is InChI=1S/C16H23N3O.ClH/c1-18-14-6-8-19(9-7-14)15(20)16(17)10-12-4-2-3-5-13(12)11-16;/h2-5,14,18H,6-11,17H2,1H3;1H. The molecule has 1 saturated heterocycles. The van der Waals surface area contributed by atoms with Crippen LogP contribution in [0.1, 0.15) is 24.0 Å². The van der Waals surface area contributed by atoms with Crippen molar-refractivity contribution >= 4 is 18.3 Å². The van der Waals surface area contributed by atoms with Gasteiger partial charge in [-0.2, -0.15) is 0 Å². The molecular weight excluding hydrogens is 286 g/mol. The van der Waals surface area contributed by atoms with Crippen LogP contribution >= 0.6 is 12.4 Å². The average molecular weight is 310 g/mol. The van der Waals surface area contributed by atoms with E-state index in [4.69, 9.17) is 5.73 Å². The number of amides is 1. The van der Waals surface area contributed by atoms with Crippen molar-refractivity contribution in [1.29, 1.82) is 0 Å². The fourth-order valence-corrected chi connectivity index (χ4v) is 3.48. The van der Waals surface area contributed by atoms with E-state index in [0.29, 0.717) is 18.9 Å². The number of carbonyl (C=O) groups is 1. The first-order valence-electron chi connectivity index (χ1n) is 7.45. The molecule has 0 unspecified atom stereocenters. The highest BCUT2D eigenvalue weighted by atomic mass is 35.5. The van der Waals surface area contributed by atoms with Crippen LogP contribution in [0.5, 0.6) is 0 Å². The van der Waals surface area contributed by atoms with Gasteiger partial charge < -0.3 is 16.0 Å². The van der Waals surface area contributed by atoms with Crippen molar-refractivity contribution in [1.82, 2.24) is 10.2 Å². The predicted octanol–water partition coefficient (Wildman–Crippen LogP) is 1.11. The van der Waals surface area contributed by atoms with Gasteiger partial charge in [0.1, 0.15) is 5.54 Å². The Kier molecular flexibility index (Phi) is 4.91. The lowest BCUT2D eigenvalue weighted by molar-refractivity contribution is -0.137. The van der Waals surface area contributed by atoms with Crippen LogP contribution < -0.4 is 11.1 Å². The van der Waals surface area contributed by atoms with Gasteiger partial charge in [0.05, 0.1) is 0 Å². The van der Waals surface area contributed by atoms with Gasteiger partial charge in [-0.05, 0) is 43.9 Å². The van der Waals surface area contributed by atoms with Gasteiger partial charge in [0.25, 0.3) is 0 Å². The number of carbonyl (C=O) groups excluding carboxylic acids is 1. The van der Waals surface area contributed by atoms with E-state index in [9.17, 15) is 4.79 Å². The van der Waals surface area contributed by atoms with Gasteiger partial charge in [0, 0.05) is 19.1 Å². The van der Waals surface area contributed by atoms with Crippen molar-refractivity contribution in [2.24, 2.45) is 5.73 Å². The summed E-state index contributed by atoms with van der Waals surface area (Å²) in [6.07, 6.45) is 3.39. The molecule has 116 valence electrons. The number of fused-ring (bicyclic) bond motifs is 1. The van der Waals surface area contributed by atoms with Crippen molar-refractivity contribution in [2.45, 2.75) is 37.3 Å². The van der Waals surface area contributed by atoms with Gasteiger partial charge in [0.2, 0.25) is 5.91 Å². The molecule has 0 radical (unpaired) electrons. The summed E-state index contributed by atoms with van der Waals surface area (Å²) in [7, 11) is 1.99. The third kappa shape index (κ3) is 3.07. The summed E-state index contributed by atoms with van der Waals surface area (Å²) < 4.78 is 0. The van der Waals surface area contributed by atoms with Crippen LogP contribution in [0, 0.1) is 0 Å². The molecule has 1 aliphatic carbocycles. The molecule has 1 aromatic carbocycles. The molecule has 1 aliphatic heterocycles. The normalized spacial score (nSPS) is 20.8. The predicted molar refractivity (Wildman–Crippen MR) is 86.7 cm³/mol. The maximum absolute atomic E-state index is 12.8. The minimum Gasteiger partial charge on any atom is -0.341 e. The van der Waals surface area contributed by atoms with Crippen molar-refractivity contribution in [3.05, 3.63) is 35.4 Å². The lowest BCUT2D eigenvalue weighted by Crippen LogP contribution is -2.58. The number of piperidine rings is 1. The lowest BCUT2D eigenvalue weighted by atomic mass is 9.93. The molecule has 21 heavy (non-hydrogen) atoms. The highest BCUT2D eigenvalue weighted by molar-refractivity contribution is 5.88. The number of nitrogens with one attached hydrogen (secondary N) is 1. The number of hydrogen-bond acceptors (Lipinski definition) is 3. The largest absolute Gasteiger partial charge is 0.341 e. The van der Waals surface area contributed by atoms with Gasteiger partial charge >= 0.3 is 0 Å². The molecule has 0 bridgehead atoms. The summed E-state index contributed by atoms with van der Waals surface area (Å²) in [5, 5.41) is 3.29. The molecule has 1 heterocycles. The summed E-state index contributed by atoms with van der Waals surface area (Å²) in [5.74, 6) is 0.128. The van der Waals surface area contributed by atoms with Crippen LogP contribution in [0.4, 0.5) is 0 Å². The van der Waals surface area contributed by atoms with Gasteiger partial charge in [-0.25, -0.2) is 0 Å². The molecule has 0 spiro atoms. The van der Waals surface area contributed by atoms with Gasteiger partial charge in [0.15, 0.2) is 0 Å². The first-order chi connectivity index (χ1) is 9.62. The molecule has 0 saturated carbocycles. The minimum absolute atomic E-state index is 0. The van der Waals surface area contributed by atoms with Crippen LogP contribution in [0.3, 0.4) is 0 Å². The molecule has 4 nitrogen and oxygen atoms in total. The van der Waals surface area contributed by atoms with Gasteiger partial charge in [-0.3, -0.25) is 4.79 Å². The Hall–Kier alpha value is -1.10. The Labute approximate surface area is 132 Å². The second-order valence-corrected chi connectivity index (χ2v) is 6.13. The van der Waals surface area contributed by atoms with Crippen molar-refractivity contribution in [3.63, 3.8) is 0 Å². The summed E-state index contributed by atoms with van der Waals surface area (Å²) in [4.78, 5) is 14.7. The van der Waals surface area contributed by atoms with E-state index in [0.717, 1.165) is 25.9 Å². The zero-order valence-electron chi connectivity index (χ0n) is 12.5. The fourth-order valence-electron chi connectivity index (χ4n) is 3.48. The zero-order valence-corrected chi connectivity index (χ0v) is 13.3. The summed E-state index contributed by atoms with van der Waals surface area (Å²) in [5.41, 5.74) is 8.18. The first-order valence-corrected chi connectivity index (χ1v) is 7.45. The Morgan fingerprint density at radius 2 is 1.76 bits per heavy atom. The Balaban J connectivity index is 0.00000161. The molecule has 2 aliphatic rings. The fraction of sp³-hybridized carbons (Fsp3) is 0.562. The van der Waals surface area contributed by atoms with E-state index in [1.807, 2.05) is 24.1 Å². The van der Waals surface area contributed by atoms with Crippen molar-refractivity contribution in [2.75, 3.05) is 20.1 Å². The van der Waals surface area contributed by atoms with Crippen LogP contribution in [0.25, 0.3) is 0 Å². The SMILES string of the molecule is CNC1CCN(C(=O)C2(N)Cc3ccccc3C2)CC1.Cl. The monoisotopic (exact) mass is 309 g/mol. The summed E-state index contributed by atoms with van der Waals surface area (Å²) >= 11 is 0. The average Bonchev–Trinajstić information content (AvgIpc) is 2.84. The van der Waals surface area contributed by atoms with Crippen LogP contribution in [-0.4, -0.2) is 42.5 Å². The number of nitrogens with zero attached hydrogens (tertiary/aromatic N) is 1. The highest BCUT2D eigenvalue weighted by Gasteiger charge is 2.43. The highest BCUT2D eigenvalue weighted by Crippen LogP contribution is 2.30. The van der Waals surface area contributed by atoms with E-state index >= 15 is 0 Å². The molecule has 1 amide bonds. The molecule has 3 N–H and O–H groups in total. The number of hydrogen-bond donors (Lipinski definition) is 2. The zero-order chi connectivity index (χ0) is 14.2. The molecular formula is C16H24ClN3O. The second kappa shape index (κ2) is 6.34. The molecule has 1 fully saturated rings. The second-order valence-electron chi connectivity index (χ2n) is 6.13. The van der Waals surface area contributed by atoms with Crippen molar-refractivity contribution in [3.8, 4) is 0 Å². The van der Waals surface area contributed by atoms with Crippen LogP contribution in [0.2, 0.25) is 0 Å². The van der Waals surface area contributed by atoms with Crippen LogP contribution in [-0.2, 0) is 17.6 Å². The number of halogens is 1. The maximum atomic E-state index is 12.8. The Morgan fingerprint density at radius 3 is 2.24 bits per heavy atom. The van der Waals surface area contributed by atoms with Crippen molar-refractivity contribution < 1.29 is 4.79 Å². The number of benzene rings is 1. The number of nitrogens with two attached hydrogens (primary N) is 1. The third-order valence-corrected chi connectivity index (χ3v) is 4.75. The maximum Gasteiger partial charge on any atom is 0.243 e. The van der Waals surface area contributed by atoms with E-state index in [1.54, 1.807) is 0 Å². The smallest absolute Gasteiger partial charge is 0.243 e. The Bertz CT molecular complexity index is 487. The molecule has 0 aromatic heterocycles. The minimum atomic E-state index is -0.726. The quantitative estimate of drug-likeness (QED) is 0.860. The summed E-state index contributed by atoms with van der Waals surface area (Å²) in [6, 6.07) is 8.75. The van der Waals surface area contributed by atoms with E-state index < -0.39 is 5.54 Å². The Morgan fingerprint density at radius 1 is 1.24 bits per heavy atom. The number of rotatable bonds is 2. The summed E-state index contributed by atoms with van der Waals surface area (Å²) in [6.45, 7) is 1.64. The molecule has 5 heteroatoms. The van der Waals surface area contributed by atoms with Gasteiger partial charge in [-0.1, -0.05) is 24.3 Å². The topological polar surface area (TPSA) is 58.4 Å². The van der Waals surface area contributed by atoms with Gasteiger partial charge in [-0.15, -0.1) is 12.4 Å². The molecule has 3 rings (SSSR count).